The molecule has 0 bridgehead atoms. The predicted octanol–water partition coefficient (Wildman–Crippen LogP) is 5.05. The summed E-state index contributed by atoms with van der Waals surface area (Å²) in [5, 5.41) is 9.52. The molecule has 0 fully saturated rings. The summed E-state index contributed by atoms with van der Waals surface area (Å²) in [5.74, 6) is 0. The zero-order valence-electron chi connectivity index (χ0n) is 13.7. The van der Waals surface area contributed by atoms with Crippen molar-refractivity contribution in [1.29, 1.82) is 0 Å². The van der Waals surface area contributed by atoms with E-state index in [9.17, 15) is 9.59 Å². The van der Waals surface area contributed by atoms with Crippen molar-refractivity contribution >= 4 is 53.9 Å². The molecule has 6 rings (SSSR count). The monoisotopic (exact) mass is 332 g/mol. The summed E-state index contributed by atoms with van der Waals surface area (Å²) in [4.78, 5) is 25.3. The van der Waals surface area contributed by atoms with E-state index >= 15 is 0 Å². The van der Waals surface area contributed by atoms with Gasteiger partial charge in [0.1, 0.15) is 0 Å². The Hall–Kier alpha value is -3.52. The third-order valence-electron chi connectivity index (χ3n) is 5.52. The maximum absolute atomic E-state index is 13.0. The SMILES string of the molecule is O=c1cccc2c1cc1ccc3c4ccccc4cc4c(=O)cc2c1c43. The van der Waals surface area contributed by atoms with Gasteiger partial charge in [-0.2, -0.15) is 0 Å². The van der Waals surface area contributed by atoms with Crippen LogP contribution < -0.4 is 10.9 Å². The van der Waals surface area contributed by atoms with Crippen LogP contribution in [0.2, 0.25) is 0 Å². The number of hydrogen-bond acceptors (Lipinski definition) is 2. The van der Waals surface area contributed by atoms with Crippen LogP contribution in [0.15, 0.2) is 82.4 Å². The maximum Gasteiger partial charge on any atom is 0.187 e. The van der Waals surface area contributed by atoms with Crippen LogP contribution in [0, 0.1) is 0 Å². The fourth-order valence-electron chi connectivity index (χ4n) is 4.40. The second kappa shape index (κ2) is 4.55. The van der Waals surface area contributed by atoms with Gasteiger partial charge in [-0.3, -0.25) is 9.59 Å². The standard InChI is InChI=1S/C24H12O2/c25-21-7-3-6-16-18(21)11-14-8-9-17-15-5-2-1-4-13(15)10-20-22(26)12-19(16)23(14)24(17)20/h1-12H. The number of benzene rings is 6. The molecule has 0 radical (unpaired) electrons. The molecule has 0 aromatic heterocycles. The third kappa shape index (κ3) is 1.56. The van der Waals surface area contributed by atoms with Gasteiger partial charge in [0.25, 0.3) is 0 Å². The first-order valence-electron chi connectivity index (χ1n) is 8.62. The van der Waals surface area contributed by atoms with E-state index in [1.54, 1.807) is 18.2 Å². The largest absolute Gasteiger partial charge is 0.289 e. The average molecular weight is 332 g/mol. The van der Waals surface area contributed by atoms with Crippen LogP contribution in [0.3, 0.4) is 0 Å². The third-order valence-corrected chi connectivity index (χ3v) is 5.52. The second-order valence-corrected chi connectivity index (χ2v) is 6.88. The molecule has 0 spiro atoms. The fourth-order valence-corrected chi connectivity index (χ4v) is 4.40. The van der Waals surface area contributed by atoms with Crippen molar-refractivity contribution in [3.05, 3.63) is 93.2 Å². The molecule has 0 N–H and O–H groups in total. The first-order chi connectivity index (χ1) is 12.7. The molecule has 0 amide bonds. The van der Waals surface area contributed by atoms with Crippen LogP contribution in [-0.2, 0) is 0 Å². The van der Waals surface area contributed by atoms with E-state index in [0.29, 0.717) is 5.39 Å². The molecule has 0 atom stereocenters. The summed E-state index contributed by atoms with van der Waals surface area (Å²) in [5.41, 5.74) is -0.00420. The van der Waals surface area contributed by atoms with Gasteiger partial charge in [0.2, 0.25) is 0 Å². The van der Waals surface area contributed by atoms with E-state index in [4.69, 9.17) is 0 Å². The Morgan fingerprint density at radius 1 is 0.423 bits per heavy atom. The minimum atomic E-state index is -0.00842. The molecule has 2 heteroatoms. The van der Waals surface area contributed by atoms with Crippen LogP contribution in [0.5, 0.6) is 0 Å². The lowest BCUT2D eigenvalue weighted by atomic mass is 9.88. The van der Waals surface area contributed by atoms with Crippen LogP contribution in [0.1, 0.15) is 0 Å². The van der Waals surface area contributed by atoms with Crippen LogP contribution in [0.4, 0.5) is 0 Å². The number of rotatable bonds is 0. The summed E-state index contributed by atoms with van der Waals surface area (Å²) < 4.78 is 0. The molecule has 120 valence electrons. The highest BCUT2D eigenvalue weighted by atomic mass is 16.1. The Labute approximate surface area is 147 Å². The van der Waals surface area contributed by atoms with Crippen LogP contribution in [-0.4, -0.2) is 0 Å². The first-order valence-corrected chi connectivity index (χ1v) is 8.62. The molecule has 0 aliphatic rings. The van der Waals surface area contributed by atoms with Gasteiger partial charge in [0, 0.05) is 16.2 Å². The number of fused-ring (bicyclic) bond motifs is 4. The van der Waals surface area contributed by atoms with Crippen molar-refractivity contribution in [2.75, 3.05) is 0 Å². The maximum atomic E-state index is 13.0. The summed E-state index contributed by atoms with van der Waals surface area (Å²) >= 11 is 0. The Morgan fingerprint density at radius 2 is 1.23 bits per heavy atom. The molecule has 0 aliphatic carbocycles. The highest BCUT2D eigenvalue weighted by molar-refractivity contribution is 6.32. The van der Waals surface area contributed by atoms with Gasteiger partial charge >= 0.3 is 0 Å². The van der Waals surface area contributed by atoms with Gasteiger partial charge in [-0.15, -0.1) is 0 Å². The molecule has 0 aliphatic heterocycles. The number of hydrogen-bond donors (Lipinski definition) is 0. The highest BCUT2D eigenvalue weighted by Gasteiger charge is 2.16. The van der Waals surface area contributed by atoms with E-state index in [1.165, 1.54) is 0 Å². The average Bonchev–Trinajstić information content (AvgIpc) is 2.67. The molecular weight excluding hydrogens is 320 g/mol. The second-order valence-electron chi connectivity index (χ2n) is 6.88. The molecule has 0 saturated carbocycles. The van der Waals surface area contributed by atoms with E-state index in [2.05, 4.69) is 18.2 Å². The molecule has 0 heterocycles. The van der Waals surface area contributed by atoms with Gasteiger partial charge in [-0.1, -0.05) is 48.5 Å². The Kier molecular flexibility index (Phi) is 2.41. The quantitative estimate of drug-likeness (QED) is 0.288. The van der Waals surface area contributed by atoms with Gasteiger partial charge in [-0.05, 0) is 62.0 Å². The molecule has 26 heavy (non-hydrogen) atoms. The molecule has 2 nitrogen and oxygen atoms in total. The molecule has 6 aromatic carbocycles. The summed E-state index contributed by atoms with van der Waals surface area (Å²) in [6.07, 6.45) is 0. The summed E-state index contributed by atoms with van der Waals surface area (Å²) in [6, 6.07) is 23.2. The summed E-state index contributed by atoms with van der Waals surface area (Å²) in [6.45, 7) is 0. The van der Waals surface area contributed by atoms with Crippen molar-refractivity contribution in [1.82, 2.24) is 0 Å². The lowest BCUT2D eigenvalue weighted by Gasteiger charge is -2.14. The molecule has 0 unspecified atom stereocenters. The lowest BCUT2D eigenvalue weighted by molar-refractivity contribution is 1.68. The van der Waals surface area contributed by atoms with E-state index in [-0.39, 0.29) is 10.9 Å². The Morgan fingerprint density at radius 3 is 2.15 bits per heavy atom. The Bertz CT molecular complexity index is 1610. The predicted molar refractivity (Wildman–Crippen MR) is 109 cm³/mol. The molecule has 0 saturated heterocycles. The Balaban J connectivity index is 2.05. The van der Waals surface area contributed by atoms with E-state index < -0.39 is 0 Å². The zero-order valence-corrected chi connectivity index (χ0v) is 13.7. The topological polar surface area (TPSA) is 34.1 Å². The van der Waals surface area contributed by atoms with Gasteiger partial charge < -0.3 is 0 Å². The van der Waals surface area contributed by atoms with Crippen molar-refractivity contribution in [2.24, 2.45) is 0 Å². The van der Waals surface area contributed by atoms with Crippen molar-refractivity contribution in [3.63, 3.8) is 0 Å². The van der Waals surface area contributed by atoms with Crippen molar-refractivity contribution in [2.45, 2.75) is 0 Å². The van der Waals surface area contributed by atoms with Gasteiger partial charge in [0.05, 0.1) is 0 Å². The lowest BCUT2D eigenvalue weighted by Crippen LogP contribution is -2.04. The first kappa shape index (κ1) is 13.7. The van der Waals surface area contributed by atoms with Crippen LogP contribution in [0.25, 0.3) is 53.9 Å². The van der Waals surface area contributed by atoms with Crippen molar-refractivity contribution in [3.8, 4) is 0 Å². The summed E-state index contributed by atoms with van der Waals surface area (Å²) in [7, 11) is 0. The van der Waals surface area contributed by atoms with Crippen molar-refractivity contribution < 1.29 is 0 Å². The minimum Gasteiger partial charge on any atom is -0.289 e. The van der Waals surface area contributed by atoms with E-state index in [0.717, 1.165) is 48.5 Å². The smallest absolute Gasteiger partial charge is 0.187 e. The zero-order chi connectivity index (χ0) is 17.4. The van der Waals surface area contributed by atoms with Gasteiger partial charge in [0.15, 0.2) is 10.9 Å². The normalized spacial score (nSPS) is 12.2. The van der Waals surface area contributed by atoms with Crippen LogP contribution >= 0.6 is 0 Å². The highest BCUT2D eigenvalue weighted by Crippen LogP contribution is 2.39. The van der Waals surface area contributed by atoms with E-state index in [1.807, 2.05) is 36.4 Å². The molecule has 6 aromatic rings. The fraction of sp³-hybridized carbons (Fsp3) is 0. The van der Waals surface area contributed by atoms with Gasteiger partial charge in [-0.25, -0.2) is 0 Å². The minimum absolute atomic E-state index is 0.00422. The molecular formula is C24H12O2.